The maximum absolute atomic E-state index is 12.6. The number of benzene rings is 2. The lowest BCUT2D eigenvalue weighted by molar-refractivity contribution is -0.131. The molecule has 1 saturated heterocycles. The molecule has 1 heterocycles. The van der Waals surface area contributed by atoms with Crippen molar-refractivity contribution in [2.45, 2.75) is 13.0 Å². The first-order valence-corrected chi connectivity index (χ1v) is 10.9. The van der Waals surface area contributed by atoms with Crippen LogP contribution in [0, 0.1) is 0 Å². The number of rotatable bonds is 8. The predicted octanol–water partition coefficient (Wildman–Crippen LogP) is 2.11. The molecule has 0 atom stereocenters. The number of amides is 1. The monoisotopic (exact) mass is 439 g/mol. The molecule has 0 bridgehead atoms. The number of guanidine groups is 1. The van der Waals surface area contributed by atoms with Crippen LogP contribution in [0.5, 0.6) is 11.5 Å². The second-order valence-corrected chi connectivity index (χ2v) is 7.50. The van der Waals surface area contributed by atoms with Gasteiger partial charge in [-0.1, -0.05) is 24.3 Å². The van der Waals surface area contributed by atoms with Gasteiger partial charge in [-0.05, 0) is 29.8 Å². The van der Waals surface area contributed by atoms with Gasteiger partial charge in [0.25, 0.3) is 0 Å². The molecular formula is C24H33N5O3. The van der Waals surface area contributed by atoms with E-state index < -0.39 is 0 Å². The number of carbonyl (C=O) groups excluding carboxylic acids is 1. The molecule has 0 aromatic heterocycles. The van der Waals surface area contributed by atoms with E-state index in [0.717, 1.165) is 31.7 Å². The minimum absolute atomic E-state index is 0.167. The van der Waals surface area contributed by atoms with Gasteiger partial charge in [0.2, 0.25) is 5.91 Å². The van der Waals surface area contributed by atoms with Crippen molar-refractivity contribution in [3.8, 4) is 11.5 Å². The van der Waals surface area contributed by atoms with Crippen molar-refractivity contribution in [1.82, 2.24) is 15.5 Å². The third kappa shape index (κ3) is 6.29. The van der Waals surface area contributed by atoms with Crippen LogP contribution < -0.4 is 25.0 Å². The van der Waals surface area contributed by atoms with Crippen molar-refractivity contribution in [2.24, 2.45) is 4.99 Å². The summed E-state index contributed by atoms with van der Waals surface area (Å²) in [4.78, 5) is 21.1. The Morgan fingerprint density at radius 3 is 2.34 bits per heavy atom. The lowest BCUT2D eigenvalue weighted by atomic mass is 10.2. The molecule has 1 aliphatic rings. The summed E-state index contributed by atoms with van der Waals surface area (Å²) in [7, 11) is 4.95. The van der Waals surface area contributed by atoms with E-state index in [9.17, 15) is 4.79 Å². The van der Waals surface area contributed by atoms with Gasteiger partial charge in [-0.3, -0.25) is 9.79 Å². The highest BCUT2D eigenvalue weighted by Gasteiger charge is 2.20. The van der Waals surface area contributed by atoms with Crippen LogP contribution in [-0.2, 0) is 11.3 Å². The number of piperazine rings is 1. The van der Waals surface area contributed by atoms with Crippen LogP contribution in [0.15, 0.2) is 53.5 Å². The number of nitrogens with zero attached hydrogens (tertiary/aromatic N) is 3. The molecule has 1 fully saturated rings. The molecule has 0 aliphatic carbocycles. The van der Waals surface area contributed by atoms with Crippen molar-refractivity contribution < 1.29 is 14.3 Å². The minimum atomic E-state index is 0.167. The number of carbonyl (C=O) groups is 1. The summed E-state index contributed by atoms with van der Waals surface area (Å²) >= 11 is 0. The van der Waals surface area contributed by atoms with Gasteiger partial charge in [0.15, 0.2) is 17.5 Å². The van der Waals surface area contributed by atoms with Gasteiger partial charge in [0, 0.05) is 58.4 Å². The standard InChI is InChI=1S/C24H33N5O3/c1-25-24(27-18-19-9-10-21(31-2)22(17-19)32-3)26-12-11-23(30)29-15-13-28(14-16-29)20-7-5-4-6-8-20/h4-10,17H,11-16,18H2,1-3H3,(H2,25,26,27). The average molecular weight is 440 g/mol. The van der Waals surface area contributed by atoms with Gasteiger partial charge in [-0.15, -0.1) is 0 Å². The van der Waals surface area contributed by atoms with Gasteiger partial charge in [-0.25, -0.2) is 0 Å². The molecule has 1 amide bonds. The molecule has 172 valence electrons. The number of hydrogen-bond donors (Lipinski definition) is 2. The molecule has 1 aliphatic heterocycles. The van der Waals surface area contributed by atoms with Gasteiger partial charge >= 0.3 is 0 Å². The van der Waals surface area contributed by atoms with E-state index in [1.807, 2.05) is 41.3 Å². The molecule has 0 spiro atoms. The molecule has 0 unspecified atom stereocenters. The maximum atomic E-state index is 12.6. The van der Waals surface area contributed by atoms with E-state index in [1.54, 1.807) is 21.3 Å². The maximum Gasteiger partial charge on any atom is 0.224 e. The topological polar surface area (TPSA) is 78.4 Å². The Morgan fingerprint density at radius 1 is 0.969 bits per heavy atom. The third-order valence-corrected chi connectivity index (χ3v) is 5.52. The van der Waals surface area contributed by atoms with Gasteiger partial charge < -0.3 is 29.9 Å². The van der Waals surface area contributed by atoms with Gasteiger partial charge in [0.1, 0.15) is 0 Å². The molecular weight excluding hydrogens is 406 g/mol. The first-order chi connectivity index (χ1) is 15.6. The van der Waals surface area contributed by atoms with Crippen LogP contribution in [0.1, 0.15) is 12.0 Å². The molecule has 2 N–H and O–H groups in total. The van der Waals surface area contributed by atoms with E-state index >= 15 is 0 Å². The summed E-state index contributed by atoms with van der Waals surface area (Å²) in [6, 6.07) is 16.1. The fourth-order valence-electron chi connectivity index (χ4n) is 3.70. The summed E-state index contributed by atoms with van der Waals surface area (Å²) in [5, 5.41) is 6.48. The van der Waals surface area contributed by atoms with E-state index in [-0.39, 0.29) is 5.91 Å². The fourth-order valence-corrected chi connectivity index (χ4v) is 3.70. The third-order valence-electron chi connectivity index (χ3n) is 5.52. The smallest absolute Gasteiger partial charge is 0.224 e. The number of hydrogen-bond acceptors (Lipinski definition) is 5. The van der Waals surface area contributed by atoms with E-state index in [1.165, 1.54) is 5.69 Å². The fraction of sp³-hybridized carbons (Fsp3) is 0.417. The van der Waals surface area contributed by atoms with Crippen LogP contribution in [0.3, 0.4) is 0 Å². The summed E-state index contributed by atoms with van der Waals surface area (Å²) in [6.45, 7) is 4.33. The highest BCUT2D eigenvalue weighted by atomic mass is 16.5. The zero-order valence-electron chi connectivity index (χ0n) is 19.1. The first-order valence-electron chi connectivity index (χ1n) is 10.9. The number of para-hydroxylation sites is 1. The van der Waals surface area contributed by atoms with Crippen molar-refractivity contribution in [2.75, 3.05) is 58.9 Å². The van der Waals surface area contributed by atoms with Crippen molar-refractivity contribution in [3.63, 3.8) is 0 Å². The lowest BCUT2D eigenvalue weighted by Gasteiger charge is -2.36. The molecule has 0 saturated carbocycles. The molecule has 2 aromatic carbocycles. The Labute approximate surface area is 190 Å². The quantitative estimate of drug-likeness (QED) is 0.485. The number of nitrogens with one attached hydrogen (secondary N) is 2. The summed E-state index contributed by atoms with van der Waals surface area (Å²) < 4.78 is 10.6. The van der Waals surface area contributed by atoms with E-state index in [2.05, 4.69) is 32.7 Å². The van der Waals surface area contributed by atoms with Crippen LogP contribution in [0.25, 0.3) is 0 Å². The second kappa shape index (κ2) is 11.8. The van der Waals surface area contributed by atoms with Crippen molar-refractivity contribution >= 4 is 17.6 Å². The number of anilines is 1. The number of aliphatic imine (C=N–C) groups is 1. The van der Waals surface area contributed by atoms with Crippen LogP contribution in [0.2, 0.25) is 0 Å². The summed E-state index contributed by atoms with van der Waals surface area (Å²) in [6.07, 6.45) is 0.433. The Morgan fingerprint density at radius 2 is 1.69 bits per heavy atom. The molecule has 2 aromatic rings. The normalized spacial score (nSPS) is 14.2. The molecule has 0 radical (unpaired) electrons. The van der Waals surface area contributed by atoms with Crippen LogP contribution in [0.4, 0.5) is 5.69 Å². The lowest BCUT2D eigenvalue weighted by Crippen LogP contribution is -2.49. The Balaban J connectivity index is 1.39. The molecule has 3 rings (SSSR count). The molecule has 8 heteroatoms. The zero-order valence-corrected chi connectivity index (χ0v) is 19.1. The van der Waals surface area contributed by atoms with E-state index in [0.29, 0.717) is 37.0 Å². The van der Waals surface area contributed by atoms with Crippen LogP contribution in [-0.4, -0.2) is 70.8 Å². The van der Waals surface area contributed by atoms with E-state index in [4.69, 9.17) is 9.47 Å². The average Bonchev–Trinajstić information content (AvgIpc) is 2.86. The Bertz CT molecular complexity index is 896. The second-order valence-electron chi connectivity index (χ2n) is 7.50. The summed E-state index contributed by atoms with van der Waals surface area (Å²) in [5.74, 6) is 2.21. The molecule has 8 nitrogen and oxygen atoms in total. The van der Waals surface area contributed by atoms with Crippen molar-refractivity contribution in [3.05, 3.63) is 54.1 Å². The molecule has 32 heavy (non-hydrogen) atoms. The Hall–Kier alpha value is -3.42. The van der Waals surface area contributed by atoms with Crippen LogP contribution >= 0.6 is 0 Å². The number of ether oxygens (including phenoxy) is 2. The zero-order chi connectivity index (χ0) is 22.8. The highest BCUT2D eigenvalue weighted by Crippen LogP contribution is 2.27. The van der Waals surface area contributed by atoms with Crippen molar-refractivity contribution in [1.29, 1.82) is 0 Å². The Kier molecular flexibility index (Phi) is 8.60. The predicted molar refractivity (Wildman–Crippen MR) is 128 cm³/mol. The van der Waals surface area contributed by atoms with Gasteiger partial charge in [0.05, 0.1) is 14.2 Å². The minimum Gasteiger partial charge on any atom is -0.493 e. The highest BCUT2D eigenvalue weighted by molar-refractivity contribution is 5.81. The number of methoxy groups -OCH3 is 2. The first kappa shape index (κ1) is 23.2. The largest absolute Gasteiger partial charge is 0.493 e. The van der Waals surface area contributed by atoms with Gasteiger partial charge in [-0.2, -0.15) is 0 Å². The summed E-state index contributed by atoms with van der Waals surface area (Å²) in [5.41, 5.74) is 2.25. The SMILES string of the molecule is CN=C(NCCC(=O)N1CCN(c2ccccc2)CC1)NCc1ccc(OC)c(OC)c1.